The third-order valence-electron chi connectivity index (χ3n) is 4.62. The van der Waals surface area contributed by atoms with Crippen LogP contribution in [-0.4, -0.2) is 11.9 Å². The van der Waals surface area contributed by atoms with E-state index in [1.165, 1.54) is 5.56 Å². The Hall–Kier alpha value is -2.36. The Bertz CT molecular complexity index is 758. The Labute approximate surface area is 141 Å². The van der Waals surface area contributed by atoms with Crippen molar-refractivity contribution in [2.24, 2.45) is 0 Å². The first-order chi connectivity index (χ1) is 11.6. The van der Waals surface area contributed by atoms with Crippen LogP contribution in [0, 0.1) is 6.92 Å². The van der Waals surface area contributed by atoms with Gasteiger partial charge in [0.15, 0.2) is 0 Å². The SMILES string of the molecule is Cc1cc(CCc2ccccc2)oc(=O)c1C(=O)NC1CCCC1. The summed E-state index contributed by atoms with van der Waals surface area (Å²) >= 11 is 0. The molecule has 0 bridgehead atoms. The van der Waals surface area contributed by atoms with E-state index in [0.717, 1.165) is 32.1 Å². The van der Waals surface area contributed by atoms with Gasteiger partial charge in [-0.1, -0.05) is 43.2 Å². The van der Waals surface area contributed by atoms with E-state index in [1.807, 2.05) is 36.4 Å². The molecule has 0 spiro atoms. The van der Waals surface area contributed by atoms with Crippen molar-refractivity contribution in [2.75, 3.05) is 0 Å². The lowest BCUT2D eigenvalue weighted by Crippen LogP contribution is -2.36. The van der Waals surface area contributed by atoms with Gasteiger partial charge in [-0.25, -0.2) is 4.79 Å². The van der Waals surface area contributed by atoms with E-state index in [0.29, 0.717) is 17.7 Å². The highest BCUT2D eigenvalue weighted by molar-refractivity contribution is 5.95. The van der Waals surface area contributed by atoms with Gasteiger partial charge in [-0.3, -0.25) is 4.79 Å². The molecule has 2 aromatic rings. The van der Waals surface area contributed by atoms with Crippen LogP contribution in [0.3, 0.4) is 0 Å². The Morgan fingerprint density at radius 1 is 1.17 bits per heavy atom. The van der Waals surface area contributed by atoms with E-state index in [1.54, 1.807) is 6.92 Å². The van der Waals surface area contributed by atoms with Gasteiger partial charge in [-0.2, -0.15) is 0 Å². The Balaban J connectivity index is 1.71. The molecule has 0 atom stereocenters. The van der Waals surface area contributed by atoms with Crippen LogP contribution in [0.2, 0.25) is 0 Å². The third-order valence-corrected chi connectivity index (χ3v) is 4.62. The van der Waals surface area contributed by atoms with Gasteiger partial charge in [-0.05, 0) is 43.4 Å². The van der Waals surface area contributed by atoms with E-state index in [2.05, 4.69) is 5.32 Å². The highest BCUT2D eigenvalue weighted by Gasteiger charge is 2.22. The van der Waals surface area contributed by atoms with Crippen LogP contribution >= 0.6 is 0 Å². The lowest BCUT2D eigenvalue weighted by molar-refractivity contribution is 0.0932. The van der Waals surface area contributed by atoms with Crippen molar-refractivity contribution >= 4 is 5.91 Å². The molecule has 0 saturated heterocycles. The first kappa shape index (κ1) is 16.5. The minimum Gasteiger partial charge on any atom is -0.427 e. The number of carbonyl (C=O) groups is 1. The van der Waals surface area contributed by atoms with Gasteiger partial charge < -0.3 is 9.73 Å². The molecule has 0 aliphatic heterocycles. The molecule has 4 nitrogen and oxygen atoms in total. The summed E-state index contributed by atoms with van der Waals surface area (Å²) in [6.07, 6.45) is 5.70. The quantitative estimate of drug-likeness (QED) is 0.916. The predicted octanol–water partition coefficient (Wildman–Crippen LogP) is 3.41. The number of aryl methyl sites for hydroxylation is 3. The highest BCUT2D eigenvalue weighted by atomic mass is 16.4. The van der Waals surface area contributed by atoms with E-state index >= 15 is 0 Å². The summed E-state index contributed by atoms with van der Waals surface area (Å²) in [4.78, 5) is 24.6. The summed E-state index contributed by atoms with van der Waals surface area (Å²) in [6, 6.07) is 12.1. The van der Waals surface area contributed by atoms with Crippen molar-refractivity contribution in [1.82, 2.24) is 5.32 Å². The first-order valence-corrected chi connectivity index (χ1v) is 8.62. The number of rotatable bonds is 5. The first-order valence-electron chi connectivity index (χ1n) is 8.62. The van der Waals surface area contributed by atoms with Crippen LogP contribution in [0.4, 0.5) is 0 Å². The molecule has 1 aliphatic carbocycles. The van der Waals surface area contributed by atoms with Crippen molar-refractivity contribution in [3.8, 4) is 0 Å². The summed E-state index contributed by atoms with van der Waals surface area (Å²) in [5.74, 6) is 0.321. The normalized spacial score (nSPS) is 14.7. The zero-order chi connectivity index (χ0) is 16.9. The predicted molar refractivity (Wildman–Crippen MR) is 93.3 cm³/mol. The molecule has 1 amide bonds. The van der Waals surface area contributed by atoms with Gasteiger partial charge in [0.25, 0.3) is 5.91 Å². The van der Waals surface area contributed by atoms with Gasteiger partial charge in [0.05, 0.1) is 0 Å². The van der Waals surface area contributed by atoms with Gasteiger partial charge in [0, 0.05) is 12.5 Å². The second kappa shape index (κ2) is 7.47. The summed E-state index contributed by atoms with van der Waals surface area (Å²) in [5.41, 5.74) is 1.49. The zero-order valence-corrected chi connectivity index (χ0v) is 14.0. The number of benzene rings is 1. The molecule has 1 fully saturated rings. The largest absolute Gasteiger partial charge is 0.427 e. The molecule has 1 N–H and O–H groups in total. The second-order valence-corrected chi connectivity index (χ2v) is 6.50. The number of nitrogens with one attached hydrogen (secondary N) is 1. The molecule has 126 valence electrons. The lowest BCUT2D eigenvalue weighted by atomic mass is 10.1. The van der Waals surface area contributed by atoms with Crippen LogP contribution in [0.5, 0.6) is 0 Å². The molecule has 4 heteroatoms. The Morgan fingerprint density at radius 2 is 1.88 bits per heavy atom. The summed E-state index contributed by atoms with van der Waals surface area (Å²) in [6.45, 7) is 1.80. The van der Waals surface area contributed by atoms with Crippen LogP contribution < -0.4 is 10.9 Å². The molecule has 1 saturated carbocycles. The zero-order valence-electron chi connectivity index (χ0n) is 14.0. The fraction of sp³-hybridized carbons (Fsp3) is 0.400. The van der Waals surface area contributed by atoms with Gasteiger partial charge in [0.2, 0.25) is 0 Å². The van der Waals surface area contributed by atoms with E-state index in [-0.39, 0.29) is 17.5 Å². The van der Waals surface area contributed by atoms with E-state index < -0.39 is 5.63 Å². The third kappa shape index (κ3) is 3.94. The van der Waals surface area contributed by atoms with Crippen molar-refractivity contribution < 1.29 is 9.21 Å². The maximum atomic E-state index is 12.4. The molecule has 0 radical (unpaired) electrons. The molecular formula is C20H23NO3. The minimum atomic E-state index is -0.534. The summed E-state index contributed by atoms with van der Waals surface area (Å²) in [7, 11) is 0. The van der Waals surface area contributed by atoms with Crippen LogP contribution in [-0.2, 0) is 12.8 Å². The van der Waals surface area contributed by atoms with Gasteiger partial charge in [0.1, 0.15) is 11.3 Å². The van der Waals surface area contributed by atoms with Crippen LogP contribution in [0.15, 0.2) is 45.6 Å². The molecule has 24 heavy (non-hydrogen) atoms. The van der Waals surface area contributed by atoms with Crippen molar-refractivity contribution in [3.05, 3.63) is 69.3 Å². The average molecular weight is 325 g/mol. The van der Waals surface area contributed by atoms with Crippen LogP contribution in [0.1, 0.15) is 52.9 Å². The smallest absolute Gasteiger partial charge is 0.349 e. The molecular weight excluding hydrogens is 302 g/mol. The number of hydrogen-bond acceptors (Lipinski definition) is 3. The second-order valence-electron chi connectivity index (χ2n) is 6.50. The summed E-state index contributed by atoms with van der Waals surface area (Å²) in [5, 5.41) is 2.96. The van der Waals surface area contributed by atoms with E-state index in [9.17, 15) is 9.59 Å². The average Bonchev–Trinajstić information content (AvgIpc) is 3.06. The topological polar surface area (TPSA) is 59.3 Å². The summed E-state index contributed by atoms with van der Waals surface area (Å²) < 4.78 is 5.38. The fourth-order valence-electron chi connectivity index (χ4n) is 3.31. The highest BCUT2D eigenvalue weighted by Crippen LogP contribution is 2.18. The Morgan fingerprint density at radius 3 is 2.54 bits per heavy atom. The molecule has 1 heterocycles. The fourth-order valence-corrected chi connectivity index (χ4v) is 3.31. The molecule has 0 unspecified atom stereocenters. The van der Waals surface area contributed by atoms with Gasteiger partial charge in [-0.15, -0.1) is 0 Å². The molecule has 1 aromatic carbocycles. The Kier molecular flexibility index (Phi) is 5.14. The lowest BCUT2D eigenvalue weighted by Gasteiger charge is -2.12. The standard InChI is InChI=1S/C20H23NO3/c1-14-13-17(12-11-15-7-3-2-4-8-15)24-20(23)18(14)19(22)21-16-9-5-6-10-16/h2-4,7-8,13,16H,5-6,9-12H2,1H3,(H,21,22). The van der Waals surface area contributed by atoms with Gasteiger partial charge >= 0.3 is 5.63 Å². The van der Waals surface area contributed by atoms with Crippen LogP contribution in [0.25, 0.3) is 0 Å². The molecule has 1 aromatic heterocycles. The number of hydrogen-bond donors (Lipinski definition) is 1. The molecule has 1 aliphatic rings. The number of amides is 1. The maximum Gasteiger partial charge on any atom is 0.349 e. The van der Waals surface area contributed by atoms with E-state index in [4.69, 9.17) is 4.42 Å². The van der Waals surface area contributed by atoms with Crippen molar-refractivity contribution in [2.45, 2.75) is 51.5 Å². The number of carbonyl (C=O) groups excluding carboxylic acids is 1. The molecule has 3 rings (SSSR count). The van der Waals surface area contributed by atoms with Crippen molar-refractivity contribution in [1.29, 1.82) is 0 Å². The maximum absolute atomic E-state index is 12.4. The minimum absolute atomic E-state index is 0.144. The van der Waals surface area contributed by atoms with Crippen molar-refractivity contribution in [3.63, 3.8) is 0 Å². The monoisotopic (exact) mass is 325 g/mol.